The van der Waals surface area contributed by atoms with Crippen molar-refractivity contribution in [1.29, 1.82) is 0 Å². The van der Waals surface area contributed by atoms with Crippen molar-refractivity contribution >= 4 is 23.2 Å². The van der Waals surface area contributed by atoms with Crippen LogP contribution in [0.2, 0.25) is 10.0 Å². The molecule has 0 saturated carbocycles. The Morgan fingerprint density at radius 2 is 2.17 bits per heavy atom. The van der Waals surface area contributed by atoms with Crippen molar-refractivity contribution in [3.05, 3.63) is 33.8 Å². The van der Waals surface area contributed by atoms with Crippen LogP contribution in [0.3, 0.4) is 0 Å². The van der Waals surface area contributed by atoms with E-state index in [0.717, 1.165) is 38.0 Å². The first-order chi connectivity index (χ1) is 8.61. The highest BCUT2D eigenvalue weighted by molar-refractivity contribution is 6.42. The molecule has 2 nitrogen and oxygen atoms in total. The van der Waals surface area contributed by atoms with Gasteiger partial charge in [-0.15, -0.1) is 0 Å². The number of hydrogen-bond donors (Lipinski definition) is 1. The maximum Gasteiger partial charge on any atom is 0.0624 e. The zero-order valence-corrected chi connectivity index (χ0v) is 12.1. The van der Waals surface area contributed by atoms with Gasteiger partial charge in [0.2, 0.25) is 0 Å². The Morgan fingerprint density at radius 1 is 1.39 bits per heavy atom. The van der Waals surface area contributed by atoms with E-state index in [-0.39, 0.29) is 12.0 Å². The van der Waals surface area contributed by atoms with Crippen LogP contribution in [0.15, 0.2) is 18.2 Å². The highest BCUT2D eigenvalue weighted by Crippen LogP contribution is 2.29. The van der Waals surface area contributed by atoms with Crippen LogP contribution in [0.4, 0.5) is 0 Å². The molecule has 1 aromatic carbocycles. The lowest BCUT2D eigenvalue weighted by atomic mass is 9.88. The smallest absolute Gasteiger partial charge is 0.0624 e. The SMILES string of the molecule is CCN1CCC(O)C(Cc2cccc(Cl)c2Cl)C1. The zero-order chi connectivity index (χ0) is 13.1. The summed E-state index contributed by atoms with van der Waals surface area (Å²) in [6, 6.07) is 5.70. The van der Waals surface area contributed by atoms with Crippen LogP contribution in [0, 0.1) is 5.92 Å². The van der Waals surface area contributed by atoms with Crippen molar-refractivity contribution in [2.45, 2.75) is 25.9 Å². The average Bonchev–Trinajstić information content (AvgIpc) is 2.37. The van der Waals surface area contributed by atoms with E-state index >= 15 is 0 Å². The van der Waals surface area contributed by atoms with Crippen LogP contribution in [0.1, 0.15) is 18.9 Å². The maximum absolute atomic E-state index is 10.1. The second-order valence-electron chi connectivity index (χ2n) is 4.93. The van der Waals surface area contributed by atoms with Crippen LogP contribution in [-0.2, 0) is 6.42 Å². The molecule has 0 amide bonds. The van der Waals surface area contributed by atoms with Gasteiger partial charge in [0.1, 0.15) is 0 Å². The molecule has 1 heterocycles. The lowest BCUT2D eigenvalue weighted by Crippen LogP contribution is -2.43. The van der Waals surface area contributed by atoms with E-state index in [1.165, 1.54) is 0 Å². The minimum absolute atomic E-state index is 0.233. The molecule has 0 aromatic heterocycles. The third-order valence-electron chi connectivity index (χ3n) is 3.74. The molecule has 0 spiro atoms. The van der Waals surface area contributed by atoms with Crippen molar-refractivity contribution in [3.8, 4) is 0 Å². The average molecular weight is 288 g/mol. The molecule has 100 valence electrons. The number of nitrogens with zero attached hydrogens (tertiary/aromatic N) is 1. The highest BCUT2D eigenvalue weighted by atomic mass is 35.5. The number of benzene rings is 1. The molecule has 0 radical (unpaired) electrons. The van der Waals surface area contributed by atoms with Gasteiger partial charge in [-0.1, -0.05) is 42.3 Å². The summed E-state index contributed by atoms with van der Waals surface area (Å²) in [5, 5.41) is 11.3. The molecule has 1 saturated heterocycles. The van der Waals surface area contributed by atoms with Gasteiger partial charge in [-0.2, -0.15) is 0 Å². The molecule has 4 heteroatoms. The van der Waals surface area contributed by atoms with Crippen molar-refractivity contribution in [3.63, 3.8) is 0 Å². The second-order valence-corrected chi connectivity index (χ2v) is 5.71. The van der Waals surface area contributed by atoms with E-state index in [1.807, 2.05) is 12.1 Å². The van der Waals surface area contributed by atoms with Gasteiger partial charge in [-0.05, 0) is 31.0 Å². The fourth-order valence-corrected chi connectivity index (χ4v) is 2.97. The van der Waals surface area contributed by atoms with Gasteiger partial charge in [0.25, 0.3) is 0 Å². The standard InChI is InChI=1S/C14H19Cl2NO/c1-2-17-7-6-13(18)11(9-17)8-10-4-3-5-12(15)14(10)16/h3-5,11,13,18H,2,6-9H2,1H3. The van der Waals surface area contributed by atoms with E-state index in [2.05, 4.69) is 11.8 Å². The first-order valence-electron chi connectivity index (χ1n) is 6.45. The number of piperidine rings is 1. The number of halogens is 2. The van der Waals surface area contributed by atoms with Gasteiger partial charge in [-0.25, -0.2) is 0 Å². The van der Waals surface area contributed by atoms with E-state index in [9.17, 15) is 5.11 Å². The topological polar surface area (TPSA) is 23.5 Å². The van der Waals surface area contributed by atoms with E-state index < -0.39 is 0 Å². The summed E-state index contributed by atoms with van der Waals surface area (Å²) in [6.07, 6.45) is 1.40. The summed E-state index contributed by atoms with van der Waals surface area (Å²) < 4.78 is 0. The normalized spacial score (nSPS) is 25.3. The van der Waals surface area contributed by atoms with Crippen LogP contribution in [0.25, 0.3) is 0 Å². The molecule has 0 bridgehead atoms. The lowest BCUT2D eigenvalue weighted by molar-refractivity contribution is 0.0290. The highest BCUT2D eigenvalue weighted by Gasteiger charge is 2.27. The number of rotatable bonds is 3. The first-order valence-corrected chi connectivity index (χ1v) is 7.20. The Bertz CT molecular complexity index is 411. The molecule has 0 aliphatic carbocycles. The monoisotopic (exact) mass is 287 g/mol. The Hall–Kier alpha value is -0.280. The molecule has 2 rings (SSSR count). The quantitative estimate of drug-likeness (QED) is 0.923. The van der Waals surface area contributed by atoms with E-state index in [4.69, 9.17) is 23.2 Å². The Morgan fingerprint density at radius 3 is 2.89 bits per heavy atom. The number of aliphatic hydroxyl groups excluding tert-OH is 1. The molecule has 2 unspecified atom stereocenters. The summed E-state index contributed by atoms with van der Waals surface area (Å²) in [7, 11) is 0. The van der Waals surface area contributed by atoms with Gasteiger partial charge in [0.15, 0.2) is 0 Å². The molecule has 18 heavy (non-hydrogen) atoms. The van der Waals surface area contributed by atoms with Gasteiger partial charge >= 0.3 is 0 Å². The largest absolute Gasteiger partial charge is 0.393 e. The van der Waals surface area contributed by atoms with Gasteiger partial charge < -0.3 is 10.0 Å². The van der Waals surface area contributed by atoms with Crippen LogP contribution in [0.5, 0.6) is 0 Å². The molecule has 1 aliphatic heterocycles. The molecular weight excluding hydrogens is 269 g/mol. The molecule has 1 aromatic rings. The Balaban J connectivity index is 2.09. The number of likely N-dealkylation sites (tertiary alicyclic amines) is 1. The van der Waals surface area contributed by atoms with Crippen LogP contribution in [-0.4, -0.2) is 35.7 Å². The third-order valence-corrected chi connectivity index (χ3v) is 4.60. The van der Waals surface area contributed by atoms with Gasteiger partial charge in [0.05, 0.1) is 16.1 Å². The summed E-state index contributed by atoms with van der Waals surface area (Å²) in [4.78, 5) is 2.37. The Labute approximate surface area is 119 Å². The second kappa shape index (κ2) is 6.25. The van der Waals surface area contributed by atoms with Gasteiger partial charge in [-0.3, -0.25) is 0 Å². The first kappa shape index (κ1) is 14.1. The minimum Gasteiger partial charge on any atom is -0.393 e. The van der Waals surface area contributed by atoms with Crippen molar-refractivity contribution in [2.24, 2.45) is 5.92 Å². The zero-order valence-electron chi connectivity index (χ0n) is 10.6. The maximum atomic E-state index is 10.1. The van der Waals surface area contributed by atoms with E-state index in [1.54, 1.807) is 6.07 Å². The predicted molar refractivity (Wildman–Crippen MR) is 76.4 cm³/mol. The van der Waals surface area contributed by atoms with Crippen LogP contribution >= 0.6 is 23.2 Å². The van der Waals surface area contributed by atoms with Gasteiger partial charge in [0, 0.05) is 19.0 Å². The molecule has 1 N–H and O–H groups in total. The fraction of sp³-hybridized carbons (Fsp3) is 0.571. The van der Waals surface area contributed by atoms with Crippen molar-refractivity contribution in [1.82, 2.24) is 4.90 Å². The fourth-order valence-electron chi connectivity index (χ4n) is 2.57. The minimum atomic E-state index is -0.233. The molecular formula is C14H19Cl2NO. The Kier molecular flexibility index (Phi) is 4.91. The molecule has 1 fully saturated rings. The van der Waals surface area contributed by atoms with Crippen molar-refractivity contribution in [2.75, 3.05) is 19.6 Å². The molecule has 1 aliphatic rings. The number of aliphatic hydroxyl groups is 1. The third kappa shape index (κ3) is 3.18. The summed E-state index contributed by atoms with van der Waals surface area (Å²) in [5.74, 6) is 0.245. The summed E-state index contributed by atoms with van der Waals surface area (Å²) in [5.41, 5.74) is 1.03. The summed E-state index contributed by atoms with van der Waals surface area (Å²) >= 11 is 12.2. The van der Waals surface area contributed by atoms with E-state index in [0.29, 0.717) is 10.0 Å². The van der Waals surface area contributed by atoms with Crippen LogP contribution < -0.4 is 0 Å². The van der Waals surface area contributed by atoms with Crippen molar-refractivity contribution < 1.29 is 5.11 Å². The summed E-state index contributed by atoms with van der Waals surface area (Å²) in [6.45, 7) is 5.10. The molecule has 2 atom stereocenters. The lowest BCUT2D eigenvalue weighted by Gasteiger charge is -2.35. The number of hydrogen-bond acceptors (Lipinski definition) is 2. The predicted octanol–water partition coefficient (Wildman–Crippen LogP) is 3.24.